The van der Waals surface area contributed by atoms with Crippen molar-refractivity contribution in [1.82, 2.24) is 19.7 Å². The van der Waals surface area contributed by atoms with Gasteiger partial charge in [-0.05, 0) is 43.2 Å². The second-order valence-electron chi connectivity index (χ2n) is 9.34. The molecular weight excluding hydrogens is 392 g/mol. The summed E-state index contributed by atoms with van der Waals surface area (Å²) >= 11 is 0. The Balaban J connectivity index is 1.34. The third-order valence-corrected chi connectivity index (χ3v) is 7.43. The Hall–Kier alpha value is -2.70. The van der Waals surface area contributed by atoms with Crippen LogP contribution in [0.5, 0.6) is 0 Å². The summed E-state index contributed by atoms with van der Waals surface area (Å²) in [5.74, 6) is 0.605. The second kappa shape index (κ2) is 8.44. The predicted octanol–water partition coefficient (Wildman–Crippen LogP) is 1.64. The zero-order valence-corrected chi connectivity index (χ0v) is 17.9. The first-order valence-electron chi connectivity index (χ1n) is 11.5. The van der Waals surface area contributed by atoms with Gasteiger partial charge < -0.3 is 14.7 Å². The summed E-state index contributed by atoms with van der Waals surface area (Å²) in [5.41, 5.74) is 1.06. The smallest absolute Gasteiger partial charge is 0.246 e. The van der Waals surface area contributed by atoms with E-state index in [0.29, 0.717) is 45.4 Å². The molecule has 0 spiro atoms. The lowest BCUT2D eigenvalue weighted by Gasteiger charge is -2.56. The number of fused-ring (bicyclic) bond motifs is 4. The first-order valence-corrected chi connectivity index (χ1v) is 11.5. The number of rotatable bonds is 4. The molecule has 4 aliphatic heterocycles. The van der Waals surface area contributed by atoms with Crippen LogP contribution in [0.4, 0.5) is 0 Å². The maximum atomic E-state index is 13.5. The molecule has 4 atom stereocenters. The van der Waals surface area contributed by atoms with Crippen molar-refractivity contribution in [2.75, 3.05) is 26.2 Å². The normalized spacial score (nSPS) is 29.8. The molecule has 0 radical (unpaired) electrons. The molecule has 7 nitrogen and oxygen atoms in total. The Kier molecular flexibility index (Phi) is 5.50. The molecule has 1 aromatic rings. The van der Waals surface area contributed by atoms with Crippen LogP contribution in [0.25, 0.3) is 0 Å². The Bertz CT molecular complexity index is 878. The first-order chi connectivity index (χ1) is 15.1. The summed E-state index contributed by atoms with van der Waals surface area (Å²) in [5, 5.41) is 0. The third-order valence-electron chi connectivity index (χ3n) is 7.43. The minimum atomic E-state index is -0.428. The molecule has 7 heteroatoms. The van der Waals surface area contributed by atoms with Gasteiger partial charge >= 0.3 is 0 Å². The number of carbonyl (C=O) groups is 3. The summed E-state index contributed by atoms with van der Waals surface area (Å²) in [6, 6.07) is 3.54. The molecular formula is C24H30N4O3. The molecule has 5 rings (SSSR count). The van der Waals surface area contributed by atoms with Crippen molar-refractivity contribution in [3.05, 3.63) is 42.2 Å². The average molecular weight is 423 g/mol. The number of likely N-dealkylation sites (tertiary alicyclic amines) is 1. The topological polar surface area (TPSA) is 73.8 Å². The Labute approximate surface area is 183 Å². The molecule has 3 saturated heterocycles. The molecule has 3 fully saturated rings. The summed E-state index contributed by atoms with van der Waals surface area (Å²) in [6.07, 6.45) is 12.0. The first kappa shape index (κ1) is 20.2. The number of amides is 3. The number of nitrogens with zero attached hydrogens (tertiary/aromatic N) is 4. The van der Waals surface area contributed by atoms with Crippen LogP contribution in [0.3, 0.4) is 0 Å². The van der Waals surface area contributed by atoms with Crippen LogP contribution in [0.1, 0.15) is 37.7 Å². The Morgan fingerprint density at radius 2 is 1.90 bits per heavy atom. The van der Waals surface area contributed by atoms with Gasteiger partial charge in [0.2, 0.25) is 17.7 Å². The maximum Gasteiger partial charge on any atom is 0.246 e. The van der Waals surface area contributed by atoms with Gasteiger partial charge in [-0.1, -0.05) is 18.2 Å². The van der Waals surface area contributed by atoms with Gasteiger partial charge in [0.1, 0.15) is 6.04 Å². The van der Waals surface area contributed by atoms with E-state index >= 15 is 0 Å². The largest absolute Gasteiger partial charge is 0.342 e. The zero-order valence-electron chi connectivity index (χ0n) is 17.9. The Morgan fingerprint density at radius 3 is 2.68 bits per heavy atom. The summed E-state index contributed by atoms with van der Waals surface area (Å²) in [4.78, 5) is 49.3. The van der Waals surface area contributed by atoms with Gasteiger partial charge in [0, 0.05) is 63.4 Å². The minimum Gasteiger partial charge on any atom is -0.342 e. The van der Waals surface area contributed by atoms with E-state index in [2.05, 4.69) is 4.98 Å². The second-order valence-corrected chi connectivity index (χ2v) is 9.34. The molecule has 31 heavy (non-hydrogen) atoms. The highest BCUT2D eigenvalue weighted by atomic mass is 16.2. The van der Waals surface area contributed by atoms with Crippen LogP contribution in [0, 0.1) is 11.8 Å². The van der Waals surface area contributed by atoms with E-state index in [1.807, 2.05) is 45.2 Å². The lowest BCUT2D eigenvalue weighted by Crippen LogP contribution is -2.68. The number of aromatic nitrogens is 1. The Morgan fingerprint density at radius 1 is 1.10 bits per heavy atom. The number of pyridine rings is 1. The van der Waals surface area contributed by atoms with E-state index in [1.165, 1.54) is 0 Å². The molecule has 5 heterocycles. The van der Waals surface area contributed by atoms with E-state index in [0.717, 1.165) is 24.8 Å². The quantitative estimate of drug-likeness (QED) is 0.692. The fourth-order valence-corrected chi connectivity index (χ4v) is 5.98. The lowest BCUT2D eigenvalue weighted by molar-refractivity contribution is -0.166. The standard InChI is InChI=1S/C24H30N4O3/c29-21(9-8-17-5-4-10-25-14-17)27-15-18-13-19(16-27)23(24(31)26-11-1-2-12-26)28-20(18)6-3-7-22(28)30/h1-2,4-5,10,14,18-20,23H,3,6-9,11-13,15-16H2/t18-,19+,20+,23-/m1/s1. The van der Waals surface area contributed by atoms with Gasteiger partial charge in [0.05, 0.1) is 0 Å². The molecule has 2 bridgehead atoms. The van der Waals surface area contributed by atoms with Gasteiger partial charge in [-0.15, -0.1) is 0 Å². The van der Waals surface area contributed by atoms with Crippen molar-refractivity contribution in [3.63, 3.8) is 0 Å². The molecule has 0 aliphatic carbocycles. The van der Waals surface area contributed by atoms with Gasteiger partial charge in [-0.25, -0.2) is 0 Å². The highest BCUT2D eigenvalue weighted by Gasteiger charge is 2.53. The minimum absolute atomic E-state index is 0.0208. The van der Waals surface area contributed by atoms with Crippen molar-refractivity contribution in [2.24, 2.45) is 11.8 Å². The van der Waals surface area contributed by atoms with Crippen LogP contribution >= 0.6 is 0 Å². The van der Waals surface area contributed by atoms with Crippen LogP contribution in [-0.4, -0.2) is 75.7 Å². The number of carbonyl (C=O) groups excluding carboxylic acids is 3. The SMILES string of the molecule is O=C(CCc1cccnc1)N1C[C@H]2C[C@@H](C1)[C@H](C(=O)N1CC=CC1)N1C(=O)CCC[C@@H]21. The van der Waals surface area contributed by atoms with Crippen molar-refractivity contribution < 1.29 is 14.4 Å². The van der Waals surface area contributed by atoms with Gasteiger partial charge in [0.15, 0.2) is 0 Å². The molecule has 1 aromatic heterocycles. The van der Waals surface area contributed by atoms with Crippen LogP contribution in [-0.2, 0) is 20.8 Å². The van der Waals surface area contributed by atoms with E-state index in [4.69, 9.17) is 0 Å². The number of aryl methyl sites for hydroxylation is 1. The molecule has 0 saturated carbocycles. The van der Waals surface area contributed by atoms with Crippen molar-refractivity contribution in [2.45, 2.75) is 50.6 Å². The molecule has 0 N–H and O–H groups in total. The highest BCUT2D eigenvalue weighted by molar-refractivity contribution is 5.89. The summed E-state index contributed by atoms with van der Waals surface area (Å²) in [7, 11) is 0. The fraction of sp³-hybridized carbons (Fsp3) is 0.583. The predicted molar refractivity (Wildman–Crippen MR) is 115 cm³/mol. The number of hydrogen-bond donors (Lipinski definition) is 0. The van der Waals surface area contributed by atoms with E-state index in [9.17, 15) is 14.4 Å². The van der Waals surface area contributed by atoms with Gasteiger partial charge in [-0.2, -0.15) is 0 Å². The molecule has 164 valence electrons. The molecule has 0 unspecified atom stereocenters. The van der Waals surface area contributed by atoms with Gasteiger partial charge in [0.25, 0.3) is 0 Å². The third kappa shape index (κ3) is 3.86. The monoisotopic (exact) mass is 422 g/mol. The van der Waals surface area contributed by atoms with E-state index < -0.39 is 6.04 Å². The van der Waals surface area contributed by atoms with E-state index in [1.54, 1.807) is 6.20 Å². The number of hydrogen-bond acceptors (Lipinski definition) is 4. The van der Waals surface area contributed by atoms with E-state index in [-0.39, 0.29) is 35.6 Å². The van der Waals surface area contributed by atoms with Crippen molar-refractivity contribution >= 4 is 17.7 Å². The van der Waals surface area contributed by atoms with Crippen molar-refractivity contribution in [3.8, 4) is 0 Å². The van der Waals surface area contributed by atoms with Gasteiger partial charge in [-0.3, -0.25) is 19.4 Å². The lowest BCUT2D eigenvalue weighted by atomic mass is 9.71. The number of piperidine rings is 3. The van der Waals surface area contributed by atoms with Crippen LogP contribution < -0.4 is 0 Å². The van der Waals surface area contributed by atoms with Crippen molar-refractivity contribution in [1.29, 1.82) is 0 Å². The fourth-order valence-electron chi connectivity index (χ4n) is 5.98. The van der Waals surface area contributed by atoms with Crippen LogP contribution in [0.2, 0.25) is 0 Å². The maximum absolute atomic E-state index is 13.5. The summed E-state index contributed by atoms with van der Waals surface area (Å²) < 4.78 is 0. The summed E-state index contributed by atoms with van der Waals surface area (Å²) in [6.45, 7) is 2.50. The molecule has 4 aliphatic rings. The average Bonchev–Trinajstić information content (AvgIpc) is 3.34. The highest BCUT2D eigenvalue weighted by Crippen LogP contribution is 2.42. The zero-order chi connectivity index (χ0) is 21.4. The molecule has 0 aromatic carbocycles. The molecule has 3 amide bonds. The van der Waals surface area contributed by atoms with Crippen LogP contribution in [0.15, 0.2) is 36.7 Å².